The summed E-state index contributed by atoms with van der Waals surface area (Å²) in [6.45, 7) is 4.66. The van der Waals surface area contributed by atoms with Crippen molar-refractivity contribution in [2.45, 2.75) is 25.4 Å². The van der Waals surface area contributed by atoms with Crippen LogP contribution in [0, 0.1) is 0 Å². The van der Waals surface area contributed by atoms with Gasteiger partial charge in [0.2, 0.25) is 0 Å². The molecule has 100 valence electrons. The van der Waals surface area contributed by atoms with Gasteiger partial charge in [-0.05, 0) is 38.5 Å². The average Bonchev–Trinajstić information content (AvgIpc) is 2.54. The molecule has 3 nitrogen and oxygen atoms in total. The van der Waals surface area contributed by atoms with Gasteiger partial charge >= 0.3 is 0 Å². The van der Waals surface area contributed by atoms with E-state index in [1.165, 1.54) is 12.0 Å². The van der Waals surface area contributed by atoms with Crippen LogP contribution in [0.25, 0.3) is 0 Å². The van der Waals surface area contributed by atoms with Crippen LogP contribution in [0.2, 0.25) is 0 Å². The monoisotopic (exact) mass is 248 g/mol. The van der Waals surface area contributed by atoms with Crippen molar-refractivity contribution in [2.75, 3.05) is 33.3 Å². The molecule has 1 unspecified atom stereocenters. The summed E-state index contributed by atoms with van der Waals surface area (Å²) in [4.78, 5) is 4.90. The molecule has 0 saturated carbocycles. The second-order valence-corrected chi connectivity index (χ2v) is 5.22. The molecule has 1 atom stereocenters. The molecule has 3 heteroatoms. The highest BCUT2D eigenvalue weighted by atomic mass is 16.3. The summed E-state index contributed by atoms with van der Waals surface area (Å²) in [7, 11) is 2.17. The third kappa shape index (κ3) is 3.80. The van der Waals surface area contributed by atoms with Crippen molar-refractivity contribution in [3.63, 3.8) is 0 Å². The number of hydrogen-bond donors (Lipinski definition) is 1. The molecule has 0 spiro atoms. The Labute approximate surface area is 110 Å². The smallest absolute Gasteiger partial charge is 0.0446 e. The molecule has 0 bridgehead atoms. The zero-order chi connectivity index (χ0) is 12.8. The summed E-state index contributed by atoms with van der Waals surface area (Å²) < 4.78 is 0. The second kappa shape index (κ2) is 6.88. The third-order valence-corrected chi connectivity index (χ3v) is 3.79. The number of aliphatic hydroxyl groups is 1. The van der Waals surface area contributed by atoms with E-state index in [9.17, 15) is 0 Å². The fourth-order valence-electron chi connectivity index (χ4n) is 2.70. The van der Waals surface area contributed by atoms with Gasteiger partial charge in [-0.1, -0.05) is 30.3 Å². The molecule has 0 radical (unpaired) electrons. The first-order valence-corrected chi connectivity index (χ1v) is 6.87. The van der Waals surface area contributed by atoms with E-state index in [0.717, 1.165) is 32.6 Å². The van der Waals surface area contributed by atoms with Crippen LogP contribution in [0.4, 0.5) is 0 Å². The zero-order valence-corrected chi connectivity index (χ0v) is 11.3. The number of aliphatic hydroxyl groups excluding tert-OH is 1. The summed E-state index contributed by atoms with van der Waals surface area (Å²) >= 11 is 0. The lowest BCUT2D eigenvalue weighted by atomic mass is 10.1. The Hall–Kier alpha value is -0.900. The van der Waals surface area contributed by atoms with Crippen molar-refractivity contribution in [3.8, 4) is 0 Å². The van der Waals surface area contributed by atoms with Crippen molar-refractivity contribution in [1.29, 1.82) is 0 Å². The van der Waals surface area contributed by atoms with Crippen molar-refractivity contribution in [3.05, 3.63) is 35.9 Å². The molecular weight excluding hydrogens is 224 g/mol. The van der Waals surface area contributed by atoms with E-state index in [0.29, 0.717) is 6.04 Å². The maximum atomic E-state index is 9.16. The Morgan fingerprint density at radius 1 is 1.22 bits per heavy atom. The first-order chi connectivity index (χ1) is 8.79. The highest BCUT2D eigenvalue weighted by Crippen LogP contribution is 2.13. The summed E-state index contributed by atoms with van der Waals surface area (Å²) in [5.41, 5.74) is 1.38. The predicted octanol–water partition coefficient (Wildman–Crippen LogP) is 1.58. The first-order valence-electron chi connectivity index (χ1n) is 6.87. The first kappa shape index (κ1) is 13.5. The van der Waals surface area contributed by atoms with Crippen LogP contribution >= 0.6 is 0 Å². The van der Waals surface area contributed by atoms with Crippen molar-refractivity contribution in [2.24, 2.45) is 0 Å². The number of nitrogens with zero attached hydrogens (tertiary/aromatic N) is 2. The highest BCUT2D eigenvalue weighted by Gasteiger charge is 2.21. The Balaban J connectivity index is 1.95. The van der Waals surface area contributed by atoms with Crippen LogP contribution in [0.5, 0.6) is 0 Å². The van der Waals surface area contributed by atoms with Gasteiger partial charge in [0.25, 0.3) is 0 Å². The fraction of sp³-hybridized carbons (Fsp3) is 0.600. The Kier molecular flexibility index (Phi) is 5.17. The van der Waals surface area contributed by atoms with Gasteiger partial charge < -0.3 is 10.0 Å². The summed E-state index contributed by atoms with van der Waals surface area (Å²) in [5, 5.41) is 9.16. The van der Waals surface area contributed by atoms with Gasteiger partial charge in [0.05, 0.1) is 0 Å². The highest BCUT2D eigenvalue weighted by molar-refractivity contribution is 5.14. The third-order valence-electron chi connectivity index (χ3n) is 3.79. The Morgan fingerprint density at radius 2 is 2.00 bits per heavy atom. The van der Waals surface area contributed by atoms with E-state index in [2.05, 4.69) is 47.2 Å². The Bertz CT molecular complexity index is 342. The van der Waals surface area contributed by atoms with Gasteiger partial charge in [-0.25, -0.2) is 0 Å². The van der Waals surface area contributed by atoms with Gasteiger partial charge in [0.15, 0.2) is 0 Å². The lowest BCUT2D eigenvalue weighted by Crippen LogP contribution is -2.39. The number of hydrogen-bond acceptors (Lipinski definition) is 3. The van der Waals surface area contributed by atoms with Gasteiger partial charge in [0, 0.05) is 25.7 Å². The van der Waals surface area contributed by atoms with Crippen LogP contribution < -0.4 is 0 Å². The summed E-state index contributed by atoms with van der Waals surface area (Å²) in [5.74, 6) is 0. The molecule has 1 fully saturated rings. The standard InChI is InChI=1S/C15H24N2O/c1-16-9-5-10-17(13-15(16)8-11-18)12-14-6-3-2-4-7-14/h2-4,6-7,15,18H,5,8-13H2,1H3. The second-order valence-electron chi connectivity index (χ2n) is 5.22. The quantitative estimate of drug-likeness (QED) is 0.876. The molecule has 0 amide bonds. The molecule has 18 heavy (non-hydrogen) atoms. The van der Waals surface area contributed by atoms with Crippen molar-refractivity contribution in [1.82, 2.24) is 9.80 Å². The number of likely N-dealkylation sites (N-methyl/N-ethyl adjacent to an activating group) is 1. The molecule has 1 aliphatic rings. The lowest BCUT2D eigenvalue weighted by Gasteiger charge is -2.28. The number of rotatable bonds is 4. The average molecular weight is 248 g/mol. The van der Waals surface area contributed by atoms with Crippen molar-refractivity contribution >= 4 is 0 Å². The normalized spacial score (nSPS) is 22.9. The van der Waals surface area contributed by atoms with E-state index in [4.69, 9.17) is 5.11 Å². The van der Waals surface area contributed by atoms with Gasteiger partial charge in [-0.15, -0.1) is 0 Å². The fourth-order valence-corrected chi connectivity index (χ4v) is 2.70. The molecule has 0 aromatic heterocycles. The van der Waals surface area contributed by atoms with E-state index in [1.54, 1.807) is 0 Å². The zero-order valence-electron chi connectivity index (χ0n) is 11.3. The van der Waals surface area contributed by atoms with Crippen LogP contribution in [0.15, 0.2) is 30.3 Å². The van der Waals surface area contributed by atoms with Crippen LogP contribution in [-0.2, 0) is 6.54 Å². The van der Waals surface area contributed by atoms with Crippen molar-refractivity contribution < 1.29 is 5.11 Å². The van der Waals surface area contributed by atoms with Crippen LogP contribution in [0.3, 0.4) is 0 Å². The predicted molar refractivity (Wildman–Crippen MR) is 74.5 cm³/mol. The molecule has 1 aliphatic heterocycles. The van der Waals surface area contributed by atoms with Gasteiger partial charge in [0.1, 0.15) is 0 Å². The minimum Gasteiger partial charge on any atom is -0.396 e. The molecule has 2 rings (SSSR count). The molecule has 1 N–H and O–H groups in total. The van der Waals surface area contributed by atoms with E-state index in [-0.39, 0.29) is 6.61 Å². The summed E-state index contributed by atoms with van der Waals surface area (Å²) in [6.07, 6.45) is 2.09. The molecular formula is C15H24N2O. The Morgan fingerprint density at radius 3 is 2.72 bits per heavy atom. The molecule has 1 saturated heterocycles. The number of benzene rings is 1. The maximum absolute atomic E-state index is 9.16. The van der Waals surface area contributed by atoms with E-state index >= 15 is 0 Å². The topological polar surface area (TPSA) is 26.7 Å². The summed E-state index contributed by atoms with van der Waals surface area (Å²) in [6, 6.07) is 11.1. The minimum atomic E-state index is 0.286. The molecule has 1 heterocycles. The SMILES string of the molecule is CN1CCCN(Cc2ccccc2)CC1CCO. The van der Waals surface area contributed by atoms with E-state index < -0.39 is 0 Å². The minimum absolute atomic E-state index is 0.286. The largest absolute Gasteiger partial charge is 0.396 e. The van der Waals surface area contributed by atoms with Gasteiger partial charge in [-0.3, -0.25) is 4.90 Å². The van der Waals surface area contributed by atoms with E-state index in [1.807, 2.05) is 0 Å². The molecule has 1 aromatic rings. The molecule has 1 aromatic carbocycles. The lowest BCUT2D eigenvalue weighted by molar-refractivity contribution is 0.163. The van der Waals surface area contributed by atoms with Gasteiger partial charge in [-0.2, -0.15) is 0 Å². The maximum Gasteiger partial charge on any atom is 0.0446 e. The van der Waals surface area contributed by atoms with Crippen LogP contribution in [-0.4, -0.2) is 54.2 Å². The molecule has 0 aliphatic carbocycles. The van der Waals surface area contributed by atoms with Crippen LogP contribution in [0.1, 0.15) is 18.4 Å².